The Bertz CT molecular complexity index is 1740. The first-order valence-corrected chi connectivity index (χ1v) is 13.1. The van der Waals surface area contributed by atoms with Crippen molar-refractivity contribution < 1.29 is 9.47 Å². The molecule has 8 heteroatoms. The Kier molecular flexibility index (Phi) is 5.74. The minimum atomic E-state index is 0.665. The summed E-state index contributed by atoms with van der Waals surface area (Å²) in [7, 11) is 3.26. The van der Waals surface area contributed by atoms with Gasteiger partial charge in [-0.05, 0) is 30.3 Å². The number of fused-ring (bicyclic) bond motifs is 2. The summed E-state index contributed by atoms with van der Waals surface area (Å²) in [5.41, 5.74) is 7.63. The van der Waals surface area contributed by atoms with Gasteiger partial charge in [-0.2, -0.15) is 0 Å². The Balaban J connectivity index is 1.40. The number of nitrogens with zero attached hydrogens (tertiary/aromatic N) is 4. The molecule has 0 saturated carbocycles. The second-order valence-corrected chi connectivity index (χ2v) is 10.5. The molecule has 3 aromatic carbocycles. The molecule has 36 heavy (non-hydrogen) atoms. The van der Waals surface area contributed by atoms with Crippen LogP contribution >= 0.6 is 11.3 Å². The van der Waals surface area contributed by atoms with Crippen molar-refractivity contribution >= 4 is 48.4 Å². The van der Waals surface area contributed by atoms with Gasteiger partial charge in [-0.25, -0.2) is 0 Å². The van der Waals surface area contributed by atoms with E-state index < -0.39 is 0 Å². The second-order valence-electron chi connectivity index (χ2n) is 8.35. The van der Waals surface area contributed by atoms with Gasteiger partial charge in [0.05, 0.1) is 19.9 Å². The van der Waals surface area contributed by atoms with Crippen molar-refractivity contribution in [1.82, 2.24) is 19.6 Å². The minimum Gasteiger partial charge on any atom is -0.493 e. The third-order valence-corrected chi connectivity index (χ3v) is 7.78. The molecule has 0 aliphatic rings. The fourth-order valence-corrected chi connectivity index (χ4v) is 5.70. The molecular formula is C28H21AsN4O2S. The quantitative estimate of drug-likeness (QED) is 0.266. The van der Waals surface area contributed by atoms with Gasteiger partial charge >= 0.3 is 145 Å². The summed E-state index contributed by atoms with van der Waals surface area (Å²) in [4.78, 5) is 9.58. The molecule has 0 spiro atoms. The Morgan fingerprint density at radius 2 is 1.53 bits per heavy atom. The van der Waals surface area contributed by atoms with E-state index in [1.165, 1.54) is 4.70 Å². The molecule has 0 aliphatic carbocycles. The number of hydrogen-bond acceptors (Lipinski definition) is 6. The molecule has 0 unspecified atom stereocenters. The van der Waals surface area contributed by atoms with Crippen molar-refractivity contribution in [2.24, 2.45) is 0 Å². The molecule has 3 aromatic heterocycles. The number of rotatable bonds is 5. The zero-order valence-corrected chi connectivity index (χ0v) is 22.6. The molecule has 176 valence electrons. The van der Waals surface area contributed by atoms with Crippen molar-refractivity contribution in [2.45, 2.75) is 6.92 Å². The number of methoxy groups -OCH3 is 2. The molecular weight excluding hydrogens is 531 g/mol. The minimum absolute atomic E-state index is 0.665. The molecule has 0 aliphatic heterocycles. The van der Waals surface area contributed by atoms with Gasteiger partial charge in [0.2, 0.25) is 0 Å². The number of benzene rings is 3. The van der Waals surface area contributed by atoms with Crippen LogP contribution in [-0.2, 0) is 0 Å². The number of aromatic nitrogens is 4. The Morgan fingerprint density at radius 1 is 0.778 bits per heavy atom. The van der Waals surface area contributed by atoms with Gasteiger partial charge in [0.1, 0.15) is 0 Å². The van der Waals surface area contributed by atoms with E-state index in [0.717, 1.165) is 54.3 Å². The number of ether oxygens (including phenoxy) is 2. The maximum absolute atomic E-state index is 5.48. The first kappa shape index (κ1) is 22.8. The van der Waals surface area contributed by atoms with E-state index in [1.807, 2.05) is 41.8 Å². The zero-order chi connectivity index (χ0) is 24.8. The Morgan fingerprint density at radius 3 is 2.31 bits per heavy atom. The fourth-order valence-electron chi connectivity index (χ4n) is 4.33. The molecule has 6 rings (SSSR count). The number of aryl methyl sites for hydroxylation is 1. The van der Waals surface area contributed by atoms with E-state index in [0.29, 0.717) is 11.5 Å². The summed E-state index contributed by atoms with van der Waals surface area (Å²) in [5.74, 6) is 1.35. The predicted molar refractivity (Wildman–Crippen MR) is 146 cm³/mol. The molecule has 0 atom stereocenters. The van der Waals surface area contributed by atoms with Crippen LogP contribution in [0.25, 0.3) is 48.9 Å². The van der Waals surface area contributed by atoms with Crippen LogP contribution in [0, 0.1) is 6.92 Å². The number of thiazole rings is 1. The summed E-state index contributed by atoms with van der Waals surface area (Å²) in [6, 6.07) is 24.6. The van der Waals surface area contributed by atoms with Crippen LogP contribution in [0.1, 0.15) is 5.69 Å². The van der Waals surface area contributed by atoms with Gasteiger partial charge < -0.3 is 9.47 Å². The van der Waals surface area contributed by atoms with Crippen LogP contribution in [0.4, 0.5) is 0 Å². The Hall–Kier alpha value is -3.67. The second kappa shape index (κ2) is 9.08. The molecule has 2 radical (unpaired) electrons. The van der Waals surface area contributed by atoms with Crippen LogP contribution in [0.3, 0.4) is 0 Å². The fraction of sp³-hybridized carbons (Fsp3) is 0.107. The monoisotopic (exact) mass is 552 g/mol. The molecule has 6 nitrogen and oxygen atoms in total. The summed E-state index contributed by atoms with van der Waals surface area (Å²) >= 11 is 4.28. The van der Waals surface area contributed by atoms with Crippen LogP contribution in [-0.4, -0.2) is 50.7 Å². The van der Waals surface area contributed by atoms with Crippen LogP contribution in [0.2, 0.25) is 0 Å². The van der Waals surface area contributed by atoms with Crippen LogP contribution in [0.15, 0.2) is 72.8 Å². The predicted octanol–water partition coefficient (Wildman–Crippen LogP) is 5.46. The summed E-state index contributed by atoms with van der Waals surface area (Å²) in [6.07, 6.45) is 0. The third kappa shape index (κ3) is 3.94. The van der Waals surface area contributed by atoms with Gasteiger partial charge in [-0.1, -0.05) is 0 Å². The smallest absolute Gasteiger partial charge is 0.493 e. The molecule has 3 heterocycles. The van der Waals surface area contributed by atoms with Crippen molar-refractivity contribution in [3.8, 4) is 44.6 Å². The van der Waals surface area contributed by atoms with Crippen LogP contribution < -0.4 is 13.8 Å². The van der Waals surface area contributed by atoms with Crippen molar-refractivity contribution in [3.63, 3.8) is 0 Å². The molecule has 6 aromatic rings. The molecule has 0 bridgehead atoms. The number of hydrogen-bond donors (Lipinski definition) is 0. The van der Waals surface area contributed by atoms with Crippen molar-refractivity contribution in [2.75, 3.05) is 14.2 Å². The molecule has 0 N–H and O–H groups in total. The van der Waals surface area contributed by atoms with E-state index >= 15 is 0 Å². The van der Waals surface area contributed by atoms with Gasteiger partial charge in [0, 0.05) is 5.56 Å². The van der Waals surface area contributed by atoms with Crippen molar-refractivity contribution in [3.05, 3.63) is 78.5 Å². The van der Waals surface area contributed by atoms with Crippen LogP contribution in [0.5, 0.6) is 11.5 Å². The van der Waals surface area contributed by atoms with E-state index in [2.05, 4.69) is 59.3 Å². The summed E-state index contributed by atoms with van der Waals surface area (Å²) in [5, 5.41) is 5.95. The molecule has 0 fully saturated rings. The van der Waals surface area contributed by atoms with E-state index in [-0.39, 0.29) is 0 Å². The normalized spacial score (nSPS) is 11.3. The Labute approximate surface area is 221 Å². The van der Waals surface area contributed by atoms with Gasteiger partial charge in [-0.3, -0.25) is 0 Å². The maximum atomic E-state index is 5.48. The number of imidazole rings is 1. The standard InChI is InChI=1S/C28H21AsN4O2S/c1-16-27(17-4-6-18(7-5-17)28-31-22-15-20(29)9-12-25(22)36-28)33-26(30-16)13-10-21(32-33)19-8-11-23(34-2)24(14-19)35-3/h4-15H,1-3H3. The summed E-state index contributed by atoms with van der Waals surface area (Å²) in [6.45, 7) is 2.02. The van der Waals surface area contributed by atoms with Gasteiger partial charge in [0.15, 0.2) is 11.5 Å². The first-order valence-electron chi connectivity index (χ1n) is 11.3. The zero-order valence-electron chi connectivity index (χ0n) is 19.9. The molecule has 0 saturated heterocycles. The van der Waals surface area contributed by atoms with Gasteiger partial charge in [-0.15, -0.1) is 0 Å². The average molecular weight is 552 g/mol. The van der Waals surface area contributed by atoms with E-state index in [1.54, 1.807) is 25.6 Å². The molecule has 0 amide bonds. The first-order chi connectivity index (χ1) is 17.5. The van der Waals surface area contributed by atoms with E-state index in [9.17, 15) is 0 Å². The van der Waals surface area contributed by atoms with Gasteiger partial charge in [0.25, 0.3) is 0 Å². The average Bonchev–Trinajstić information content (AvgIpc) is 3.47. The topological polar surface area (TPSA) is 61.5 Å². The summed E-state index contributed by atoms with van der Waals surface area (Å²) < 4.78 is 15.1. The SMILES string of the molecule is COc1ccc(-c2ccc3nc(C)c(-c4ccc(-c5nc6cc([As])ccc6s5)cc4)n3n2)cc1OC. The third-order valence-electron chi connectivity index (χ3n) is 6.11. The van der Waals surface area contributed by atoms with Crippen molar-refractivity contribution in [1.29, 1.82) is 0 Å². The van der Waals surface area contributed by atoms with E-state index in [4.69, 9.17) is 24.5 Å².